The van der Waals surface area contributed by atoms with Crippen LogP contribution in [0.2, 0.25) is 0 Å². The maximum absolute atomic E-state index is 5.50. The van der Waals surface area contributed by atoms with Gasteiger partial charge in [0.25, 0.3) is 0 Å². The van der Waals surface area contributed by atoms with E-state index in [0.29, 0.717) is 5.92 Å². The van der Waals surface area contributed by atoms with Gasteiger partial charge in [-0.25, -0.2) is 0 Å². The molecule has 1 aliphatic heterocycles. The summed E-state index contributed by atoms with van der Waals surface area (Å²) in [4.78, 5) is 0. The Morgan fingerprint density at radius 3 is 2.88 bits per heavy atom. The van der Waals surface area contributed by atoms with Crippen LogP contribution < -0.4 is 5.73 Å². The molecular weight excluding hydrogens is 118 g/mol. The number of thioether (sulfide) groups is 1. The molecular formula is C6H9NS. The second-order valence-corrected chi connectivity index (χ2v) is 2.85. The molecule has 0 saturated heterocycles. The summed E-state index contributed by atoms with van der Waals surface area (Å²) < 4.78 is 0. The number of rotatable bonds is 0. The van der Waals surface area contributed by atoms with Crippen LogP contribution in [0, 0.1) is 5.92 Å². The maximum atomic E-state index is 5.50. The van der Waals surface area contributed by atoms with Gasteiger partial charge < -0.3 is 5.73 Å². The van der Waals surface area contributed by atoms with E-state index in [-0.39, 0.29) is 0 Å². The lowest BCUT2D eigenvalue weighted by molar-refractivity contribution is 0.932. The Bertz CT molecular complexity index is 137. The molecule has 0 aromatic heterocycles. The molecule has 1 nitrogen and oxygen atoms in total. The fourth-order valence-electron chi connectivity index (χ4n) is 0.596. The smallest absolute Gasteiger partial charge is 0.0662 e. The van der Waals surface area contributed by atoms with Crippen molar-refractivity contribution in [2.45, 2.75) is 6.92 Å². The van der Waals surface area contributed by atoms with Gasteiger partial charge >= 0.3 is 0 Å². The summed E-state index contributed by atoms with van der Waals surface area (Å²) >= 11 is 1.58. The van der Waals surface area contributed by atoms with Crippen LogP contribution in [0.1, 0.15) is 6.92 Å². The Labute approximate surface area is 53.6 Å². The van der Waals surface area contributed by atoms with E-state index in [1.54, 1.807) is 11.8 Å². The molecule has 0 bridgehead atoms. The van der Waals surface area contributed by atoms with Crippen LogP contribution in [0.25, 0.3) is 0 Å². The van der Waals surface area contributed by atoms with Gasteiger partial charge in [0.15, 0.2) is 0 Å². The highest BCUT2D eigenvalue weighted by atomic mass is 32.2. The summed E-state index contributed by atoms with van der Waals surface area (Å²) in [7, 11) is 0. The Balaban J connectivity index is 2.60. The lowest BCUT2D eigenvalue weighted by atomic mass is 10.2. The van der Waals surface area contributed by atoms with Crippen LogP contribution in [0.3, 0.4) is 0 Å². The van der Waals surface area contributed by atoms with Gasteiger partial charge in [0.1, 0.15) is 0 Å². The quantitative estimate of drug-likeness (QED) is 0.536. The minimum Gasteiger partial charge on any atom is -0.394 e. The predicted octanol–water partition coefficient (Wildman–Crippen LogP) is 1.68. The van der Waals surface area contributed by atoms with E-state index < -0.39 is 0 Å². The largest absolute Gasteiger partial charge is 0.394 e. The first-order valence-electron chi connectivity index (χ1n) is 2.59. The van der Waals surface area contributed by atoms with Gasteiger partial charge in [0, 0.05) is 0 Å². The predicted molar refractivity (Wildman–Crippen MR) is 38.2 cm³/mol. The van der Waals surface area contributed by atoms with Crippen molar-refractivity contribution in [2.75, 3.05) is 0 Å². The Morgan fingerprint density at radius 2 is 2.50 bits per heavy atom. The molecule has 0 aliphatic carbocycles. The molecule has 0 spiro atoms. The third-order valence-electron chi connectivity index (χ3n) is 1.01. The van der Waals surface area contributed by atoms with Crippen molar-refractivity contribution in [3.8, 4) is 0 Å². The number of allylic oxidation sites excluding steroid dienone is 2. The van der Waals surface area contributed by atoms with E-state index in [2.05, 4.69) is 13.0 Å². The van der Waals surface area contributed by atoms with Crippen LogP contribution in [0.5, 0.6) is 0 Å². The molecule has 1 rings (SSSR count). The van der Waals surface area contributed by atoms with Crippen LogP contribution in [0.15, 0.2) is 22.6 Å². The highest BCUT2D eigenvalue weighted by Gasteiger charge is 1.98. The number of nitrogens with two attached hydrogens (primary N) is 1. The first-order chi connectivity index (χ1) is 3.79. The second-order valence-electron chi connectivity index (χ2n) is 1.87. The fraction of sp³-hybridized carbons (Fsp3) is 0.333. The van der Waals surface area contributed by atoms with Crippen molar-refractivity contribution in [3.63, 3.8) is 0 Å². The zero-order chi connectivity index (χ0) is 5.98. The standard InChI is InChI=1S/C6H9NS/c1-5-2-3-8-6(7)4-5/h2-5H,7H2,1H3. The Hall–Kier alpha value is -0.370. The highest BCUT2D eigenvalue weighted by molar-refractivity contribution is 8.05. The van der Waals surface area contributed by atoms with E-state index in [4.69, 9.17) is 5.73 Å². The summed E-state index contributed by atoms with van der Waals surface area (Å²) in [6.45, 7) is 2.11. The molecule has 1 aliphatic rings. The van der Waals surface area contributed by atoms with Gasteiger partial charge in [-0.3, -0.25) is 0 Å². The average Bonchev–Trinajstić information content (AvgIpc) is 1.64. The maximum Gasteiger partial charge on any atom is 0.0662 e. The lowest BCUT2D eigenvalue weighted by Gasteiger charge is -2.05. The van der Waals surface area contributed by atoms with E-state index in [1.807, 2.05) is 11.5 Å². The topological polar surface area (TPSA) is 26.0 Å². The molecule has 1 atom stereocenters. The number of hydrogen-bond donors (Lipinski definition) is 1. The van der Waals surface area contributed by atoms with Gasteiger partial charge in [-0.1, -0.05) is 24.8 Å². The summed E-state index contributed by atoms with van der Waals surface area (Å²) in [5.41, 5.74) is 5.50. The van der Waals surface area contributed by atoms with E-state index in [9.17, 15) is 0 Å². The van der Waals surface area contributed by atoms with Crippen molar-refractivity contribution >= 4 is 11.8 Å². The Morgan fingerprint density at radius 1 is 1.75 bits per heavy atom. The van der Waals surface area contributed by atoms with Crippen LogP contribution in [0.4, 0.5) is 0 Å². The highest BCUT2D eigenvalue weighted by Crippen LogP contribution is 2.20. The summed E-state index contributed by atoms with van der Waals surface area (Å²) in [5, 5.41) is 2.94. The lowest BCUT2D eigenvalue weighted by Crippen LogP contribution is -1.97. The molecule has 8 heavy (non-hydrogen) atoms. The third-order valence-corrected chi connectivity index (χ3v) is 1.71. The van der Waals surface area contributed by atoms with Gasteiger partial charge in [-0.15, -0.1) is 0 Å². The summed E-state index contributed by atoms with van der Waals surface area (Å²) in [6, 6.07) is 0. The molecule has 0 amide bonds. The van der Waals surface area contributed by atoms with Crippen molar-refractivity contribution in [3.05, 3.63) is 22.6 Å². The third kappa shape index (κ3) is 1.30. The van der Waals surface area contributed by atoms with E-state index >= 15 is 0 Å². The zero-order valence-electron chi connectivity index (χ0n) is 4.79. The van der Waals surface area contributed by atoms with Crippen LogP contribution in [-0.2, 0) is 0 Å². The molecule has 0 radical (unpaired) electrons. The SMILES string of the molecule is CC1C=CSC(N)=C1. The molecule has 1 unspecified atom stereocenters. The molecule has 0 aromatic carbocycles. The number of hydrogen-bond acceptors (Lipinski definition) is 2. The van der Waals surface area contributed by atoms with E-state index in [0.717, 1.165) is 5.03 Å². The van der Waals surface area contributed by atoms with Gasteiger partial charge in [-0.05, 0) is 17.4 Å². The molecule has 44 valence electrons. The molecule has 0 saturated carbocycles. The van der Waals surface area contributed by atoms with Gasteiger partial charge in [0.05, 0.1) is 5.03 Å². The zero-order valence-corrected chi connectivity index (χ0v) is 5.61. The van der Waals surface area contributed by atoms with Crippen molar-refractivity contribution in [1.82, 2.24) is 0 Å². The molecule has 2 N–H and O–H groups in total. The second kappa shape index (κ2) is 2.27. The molecule has 0 aromatic rings. The van der Waals surface area contributed by atoms with Gasteiger partial charge in [0.2, 0.25) is 0 Å². The minimum absolute atomic E-state index is 0.524. The average molecular weight is 127 g/mol. The normalized spacial score (nSPS) is 27.6. The fourth-order valence-corrected chi connectivity index (χ4v) is 1.37. The summed E-state index contributed by atoms with van der Waals surface area (Å²) in [6.07, 6.45) is 4.17. The Kier molecular flexibility index (Phi) is 1.63. The van der Waals surface area contributed by atoms with Crippen LogP contribution in [-0.4, -0.2) is 0 Å². The van der Waals surface area contributed by atoms with Gasteiger partial charge in [-0.2, -0.15) is 0 Å². The molecule has 1 heterocycles. The summed E-state index contributed by atoms with van der Waals surface area (Å²) in [5.74, 6) is 0.524. The molecule has 0 fully saturated rings. The van der Waals surface area contributed by atoms with Crippen LogP contribution >= 0.6 is 11.8 Å². The van der Waals surface area contributed by atoms with E-state index in [1.165, 1.54) is 0 Å². The van der Waals surface area contributed by atoms with Crippen molar-refractivity contribution in [1.29, 1.82) is 0 Å². The molecule has 2 heteroatoms. The first kappa shape index (κ1) is 5.76. The van der Waals surface area contributed by atoms with Crippen molar-refractivity contribution in [2.24, 2.45) is 11.7 Å². The van der Waals surface area contributed by atoms with Crippen molar-refractivity contribution < 1.29 is 0 Å². The minimum atomic E-state index is 0.524. The first-order valence-corrected chi connectivity index (χ1v) is 3.47. The monoisotopic (exact) mass is 127 g/mol.